The largest absolute Gasteiger partial charge is 0.480 e. The van der Waals surface area contributed by atoms with Crippen molar-refractivity contribution < 1.29 is 9.90 Å². The summed E-state index contributed by atoms with van der Waals surface area (Å²) in [4.78, 5) is 13.1. The summed E-state index contributed by atoms with van der Waals surface area (Å²) in [5, 5.41) is 20.9. The maximum atomic E-state index is 11.1. The maximum Gasteiger partial charge on any atom is 0.322 e. The van der Waals surface area contributed by atoms with Gasteiger partial charge < -0.3 is 10.4 Å². The van der Waals surface area contributed by atoms with Crippen LogP contribution < -0.4 is 5.32 Å². The first-order valence-corrected chi connectivity index (χ1v) is 5.87. The smallest absolute Gasteiger partial charge is 0.322 e. The molecule has 0 spiro atoms. The van der Waals surface area contributed by atoms with Crippen molar-refractivity contribution in [2.75, 3.05) is 19.6 Å². The van der Waals surface area contributed by atoms with E-state index in [9.17, 15) is 4.79 Å². The Labute approximate surface area is 106 Å². The SMILES string of the molecule is N#Cc1ccc(CN2CCNC[C@@H]2C(=O)O)cc1. The van der Waals surface area contributed by atoms with Crippen molar-refractivity contribution in [1.82, 2.24) is 10.2 Å². The van der Waals surface area contributed by atoms with Gasteiger partial charge in [-0.3, -0.25) is 9.69 Å². The summed E-state index contributed by atoms with van der Waals surface area (Å²) in [5.41, 5.74) is 1.65. The monoisotopic (exact) mass is 245 g/mol. The summed E-state index contributed by atoms with van der Waals surface area (Å²) >= 11 is 0. The highest BCUT2D eigenvalue weighted by Gasteiger charge is 2.27. The van der Waals surface area contributed by atoms with Gasteiger partial charge in [-0.25, -0.2) is 0 Å². The summed E-state index contributed by atoms with van der Waals surface area (Å²) < 4.78 is 0. The highest BCUT2D eigenvalue weighted by molar-refractivity contribution is 5.74. The Bertz CT molecular complexity index is 464. The van der Waals surface area contributed by atoms with Gasteiger partial charge in [0.1, 0.15) is 6.04 Å². The Morgan fingerprint density at radius 1 is 1.50 bits per heavy atom. The first-order chi connectivity index (χ1) is 8.70. The van der Waals surface area contributed by atoms with E-state index in [1.807, 2.05) is 17.0 Å². The Kier molecular flexibility index (Phi) is 3.92. The molecule has 1 aliphatic rings. The van der Waals surface area contributed by atoms with E-state index in [0.29, 0.717) is 18.7 Å². The third-order valence-electron chi connectivity index (χ3n) is 3.11. The second-order valence-corrected chi connectivity index (χ2v) is 4.34. The van der Waals surface area contributed by atoms with Gasteiger partial charge in [-0.15, -0.1) is 0 Å². The number of hydrogen-bond donors (Lipinski definition) is 2. The van der Waals surface area contributed by atoms with Crippen LogP contribution >= 0.6 is 0 Å². The topological polar surface area (TPSA) is 76.4 Å². The fourth-order valence-electron chi connectivity index (χ4n) is 2.10. The van der Waals surface area contributed by atoms with Crippen molar-refractivity contribution >= 4 is 5.97 Å². The van der Waals surface area contributed by atoms with Gasteiger partial charge >= 0.3 is 5.97 Å². The number of hydrogen-bond acceptors (Lipinski definition) is 4. The molecule has 0 radical (unpaired) electrons. The zero-order valence-electron chi connectivity index (χ0n) is 9.97. The number of carbonyl (C=O) groups is 1. The molecule has 0 amide bonds. The molecule has 1 heterocycles. The number of aliphatic carboxylic acids is 1. The summed E-state index contributed by atoms with van der Waals surface area (Å²) in [5.74, 6) is -0.796. The molecule has 0 saturated carbocycles. The van der Waals surface area contributed by atoms with Crippen LogP contribution in [0.3, 0.4) is 0 Å². The lowest BCUT2D eigenvalue weighted by atomic mass is 10.1. The third kappa shape index (κ3) is 2.86. The van der Waals surface area contributed by atoms with Gasteiger partial charge in [0.25, 0.3) is 0 Å². The number of nitriles is 1. The molecule has 2 N–H and O–H groups in total. The molecule has 0 aromatic heterocycles. The van der Waals surface area contributed by atoms with E-state index >= 15 is 0 Å². The third-order valence-corrected chi connectivity index (χ3v) is 3.11. The first kappa shape index (κ1) is 12.6. The number of carboxylic acids is 1. The van der Waals surface area contributed by atoms with E-state index in [1.165, 1.54) is 0 Å². The van der Waals surface area contributed by atoms with Crippen molar-refractivity contribution in [2.24, 2.45) is 0 Å². The molecule has 1 fully saturated rings. The van der Waals surface area contributed by atoms with Crippen molar-refractivity contribution in [3.8, 4) is 6.07 Å². The van der Waals surface area contributed by atoms with Crippen LogP contribution in [0.4, 0.5) is 0 Å². The lowest BCUT2D eigenvalue weighted by Gasteiger charge is -2.33. The molecule has 1 aromatic carbocycles. The zero-order chi connectivity index (χ0) is 13.0. The number of nitrogens with zero attached hydrogens (tertiary/aromatic N) is 2. The fourth-order valence-corrected chi connectivity index (χ4v) is 2.10. The van der Waals surface area contributed by atoms with Crippen LogP contribution in [0.15, 0.2) is 24.3 Å². The molecule has 1 aromatic rings. The van der Waals surface area contributed by atoms with E-state index in [1.54, 1.807) is 12.1 Å². The van der Waals surface area contributed by atoms with Crippen LogP contribution in [0.1, 0.15) is 11.1 Å². The summed E-state index contributed by atoms with van der Waals surface area (Å²) in [6.45, 7) is 2.60. The molecular formula is C13H15N3O2. The number of piperazine rings is 1. The maximum absolute atomic E-state index is 11.1. The van der Waals surface area contributed by atoms with Crippen LogP contribution in [0, 0.1) is 11.3 Å². The van der Waals surface area contributed by atoms with E-state index in [-0.39, 0.29) is 0 Å². The molecule has 94 valence electrons. The van der Waals surface area contributed by atoms with Crippen LogP contribution in [0.5, 0.6) is 0 Å². The van der Waals surface area contributed by atoms with Crippen LogP contribution in [-0.4, -0.2) is 41.7 Å². The second-order valence-electron chi connectivity index (χ2n) is 4.34. The van der Waals surface area contributed by atoms with E-state index < -0.39 is 12.0 Å². The predicted octanol–water partition coefficient (Wildman–Crippen LogP) is 0.417. The summed E-state index contributed by atoms with van der Waals surface area (Å²) in [7, 11) is 0. The number of rotatable bonds is 3. The molecule has 5 nitrogen and oxygen atoms in total. The molecule has 1 aliphatic heterocycles. The highest BCUT2D eigenvalue weighted by atomic mass is 16.4. The highest BCUT2D eigenvalue weighted by Crippen LogP contribution is 2.11. The van der Waals surface area contributed by atoms with Gasteiger partial charge in [0.2, 0.25) is 0 Å². The van der Waals surface area contributed by atoms with Gasteiger partial charge in [-0.2, -0.15) is 5.26 Å². The van der Waals surface area contributed by atoms with Gasteiger partial charge in [0, 0.05) is 26.2 Å². The Morgan fingerprint density at radius 3 is 2.83 bits per heavy atom. The van der Waals surface area contributed by atoms with Crippen molar-refractivity contribution in [2.45, 2.75) is 12.6 Å². The van der Waals surface area contributed by atoms with Gasteiger partial charge in [-0.1, -0.05) is 12.1 Å². The van der Waals surface area contributed by atoms with Gasteiger partial charge in [-0.05, 0) is 17.7 Å². The standard InChI is InChI=1S/C13H15N3O2/c14-7-10-1-3-11(4-2-10)9-16-6-5-15-8-12(16)13(17)18/h1-4,12,15H,5-6,8-9H2,(H,17,18)/t12-/m1/s1. The van der Waals surface area contributed by atoms with Crippen molar-refractivity contribution in [3.05, 3.63) is 35.4 Å². The van der Waals surface area contributed by atoms with Crippen LogP contribution in [-0.2, 0) is 11.3 Å². The minimum absolute atomic E-state index is 0.477. The minimum Gasteiger partial charge on any atom is -0.480 e. The summed E-state index contributed by atoms with van der Waals surface area (Å²) in [6.07, 6.45) is 0. The molecular weight excluding hydrogens is 230 g/mol. The normalized spacial score (nSPS) is 20.3. The van der Waals surface area contributed by atoms with Gasteiger partial charge in [0.05, 0.1) is 11.6 Å². The minimum atomic E-state index is -0.796. The molecule has 1 atom stereocenters. The number of carboxylic acid groups (broad SMARTS) is 1. The first-order valence-electron chi connectivity index (χ1n) is 5.87. The van der Waals surface area contributed by atoms with E-state index in [2.05, 4.69) is 11.4 Å². The Morgan fingerprint density at radius 2 is 2.22 bits per heavy atom. The van der Waals surface area contributed by atoms with Crippen molar-refractivity contribution in [1.29, 1.82) is 5.26 Å². The number of nitrogens with one attached hydrogen (secondary N) is 1. The summed E-state index contributed by atoms with van der Waals surface area (Å²) in [6, 6.07) is 8.85. The van der Waals surface area contributed by atoms with Crippen LogP contribution in [0.25, 0.3) is 0 Å². The number of benzene rings is 1. The molecule has 1 saturated heterocycles. The predicted molar refractivity (Wildman–Crippen MR) is 65.9 cm³/mol. The van der Waals surface area contributed by atoms with E-state index in [4.69, 9.17) is 10.4 Å². The second kappa shape index (κ2) is 5.63. The molecule has 18 heavy (non-hydrogen) atoms. The lowest BCUT2D eigenvalue weighted by Crippen LogP contribution is -2.54. The van der Waals surface area contributed by atoms with E-state index in [0.717, 1.165) is 18.7 Å². The molecule has 0 aliphatic carbocycles. The van der Waals surface area contributed by atoms with Crippen molar-refractivity contribution in [3.63, 3.8) is 0 Å². The zero-order valence-corrected chi connectivity index (χ0v) is 9.97. The quantitative estimate of drug-likeness (QED) is 0.807. The lowest BCUT2D eigenvalue weighted by molar-refractivity contribution is -0.144. The Hall–Kier alpha value is -1.90. The Balaban J connectivity index is 2.06. The molecule has 5 heteroatoms. The average molecular weight is 245 g/mol. The fraction of sp³-hybridized carbons (Fsp3) is 0.385. The molecule has 0 bridgehead atoms. The van der Waals surface area contributed by atoms with Gasteiger partial charge in [0.15, 0.2) is 0 Å². The molecule has 0 unspecified atom stereocenters. The van der Waals surface area contributed by atoms with Crippen LogP contribution in [0.2, 0.25) is 0 Å². The molecule has 2 rings (SSSR count). The average Bonchev–Trinajstić information content (AvgIpc) is 2.40.